The van der Waals surface area contributed by atoms with E-state index < -0.39 is 12.0 Å². The Balaban J connectivity index is 1.24. The lowest BCUT2D eigenvalue weighted by Gasteiger charge is -2.35. The molecule has 0 spiro atoms. The zero-order chi connectivity index (χ0) is 30.8. The molecule has 3 unspecified atom stereocenters. The van der Waals surface area contributed by atoms with Crippen LogP contribution in [0.3, 0.4) is 0 Å². The fourth-order valence-corrected chi connectivity index (χ4v) is 8.98. The molecule has 5 nitrogen and oxygen atoms in total. The van der Waals surface area contributed by atoms with Crippen molar-refractivity contribution in [1.29, 1.82) is 0 Å². The molecule has 1 aliphatic heterocycles. The summed E-state index contributed by atoms with van der Waals surface area (Å²) in [5.74, 6) is 0.0697. The van der Waals surface area contributed by atoms with E-state index in [0.29, 0.717) is 21.9 Å². The van der Waals surface area contributed by atoms with Crippen molar-refractivity contribution in [2.75, 3.05) is 26.7 Å². The molecule has 9 heteroatoms. The van der Waals surface area contributed by atoms with Crippen molar-refractivity contribution in [3.05, 3.63) is 85.0 Å². The summed E-state index contributed by atoms with van der Waals surface area (Å²) in [4.78, 5) is 23.0. The van der Waals surface area contributed by atoms with Gasteiger partial charge in [0.2, 0.25) is 0 Å². The molecule has 5 rings (SSSR count). The van der Waals surface area contributed by atoms with Gasteiger partial charge in [-0.2, -0.15) is 0 Å². The Morgan fingerprint density at radius 1 is 1.14 bits per heavy atom. The number of aromatic nitrogens is 1. The summed E-state index contributed by atoms with van der Waals surface area (Å²) in [6.07, 6.45) is 4.69. The third-order valence-corrected chi connectivity index (χ3v) is 11.6. The highest BCUT2D eigenvalue weighted by atomic mass is 35.5. The van der Waals surface area contributed by atoms with Gasteiger partial charge in [0.15, 0.2) is 0 Å². The first-order valence-corrected chi connectivity index (χ1v) is 16.9. The Morgan fingerprint density at radius 2 is 1.88 bits per heavy atom. The molecule has 43 heavy (non-hydrogen) atoms. The number of carboxylic acid groups (broad SMARTS) is 1. The maximum Gasteiger partial charge on any atom is 0.321 e. The van der Waals surface area contributed by atoms with E-state index in [9.17, 15) is 14.3 Å². The van der Waals surface area contributed by atoms with E-state index in [-0.39, 0.29) is 23.7 Å². The quantitative estimate of drug-likeness (QED) is 0.240. The zero-order valence-corrected chi connectivity index (χ0v) is 27.7. The second kappa shape index (κ2) is 13.9. The average Bonchev–Trinajstić information content (AvgIpc) is 3.54. The number of thiazole rings is 1. The highest BCUT2D eigenvalue weighted by Crippen LogP contribution is 2.44. The minimum absolute atomic E-state index is 0.00732. The monoisotopic (exact) mass is 645 g/mol. The van der Waals surface area contributed by atoms with Gasteiger partial charge in [-0.15, -0.1) is 11.3 Å². The molecular weight excluding hydrogens is 604 g/mol. The van der Waals surface area contributed by atoms with Crippen LogP contribution in [0.4, 0.5) is 4.39 Å². The van der Waals surface area contributed by atoms with Crippen LogP contribution in [0.15, 0.2) is 42.5 Å². The first kappa shape index (κ1) is 32.4. The summed E-state index contributed by atoms with van der Waals surface area (Å²) in [5, 5.41) is 12.2. The Kier molecular flexibility index (Phi) is 10.5. The van der Waals surface area contributed by atoms with Crippen molar-refractivity contribution in [2.45, 2.75) is 76.8 Å². The Labute approximate surface area is 269 Å². The summed E-state index contributed by atoms with van der Waals surface area (Å²) >= 11 is 14.1. The number of rotatable bonds is 10. The zero-order valence-electron chi connectivity index (χ0n) is 25.4. The predicted molar refractivity (Wildman–Crippen MR) is 174 cm³/mol. The molecule has 3 aromatic rings. The van der Waals surface area contributed by atoms with Crippen LogP contribution in [-0.2, 0) is 11.2 Å². The third-order valence-electron chi connectivity index (χ3n) is 9.51. The first-order valence-electron chi connectivity index (χ1n) is 15.3. The SMILES string of the molecule is Cc1nc(Cc2ccc(Cl)c(Cl)c2)sc1C1CCN(CC2CC(N(C)[C@@H](C(=O)O)C(C)C)CC2c2cccc(F)c2)CC1. The number of piperidine rings is 1. The van der Waals surface area contributed by atoms with E-state index in [1.807, 2.05) is 56.5 Å². The van der Waals surface area contributed by atoms with Crippen LogP contribution in [0.25, 0.3) is 0 Å². The normalized spacial score (nSPS) is 22.5. The van der Waals surface area contributed by atoms with Crippen molar-refractivity contribution in [2.24, 2.45) is 11.8 Å². The highest BCUT2D eigenvalue weighted by molar-refractivity contribution is 7.11. The van der Waals surface area contributed by atoms with Crippen LogP contribution in [0.2, 0.25) is 10.0 Å². The van der Waals surface area contributed by atoms with Gasteiger partial charge in [0.05, 0.1) is 20.7 Å². The van der Waals surface area contributed by atoms with E-state index in [1.54, 1.807) is 12.1 Å². The van der Waals surface area contributed by atoms with Gasteiger partial charge in [0.25, 0.3) is 0 Å². The number of hydrogen-bond acceptors (Lipinski definition) is 5. The number of aryl methyl sites for hydroxylation is 1. The van der Waals surface area contributed by atoms with E-state index in [1.165, 1.54) is 10.9 Å². The van der Waals surface area contributed by atoms with E-state index in [4.69, 9.17) is 28.2 Å². The third kappa shape index (κ3) is 7.62. The molecule has 1 saturated carbocycles. The number of carbonyl (C=O) groups is 1. The summed E-state index contributed by atoms with van der Waals surface area (Å²) in [7, 11) is 1.95. The summed E-state index contributed by atoms with van der Waals surface area (Å²) in [5.41, 5.74) is 3.27. The maximum absolute atomic E-state index is 14.3. The van der Waals surface area contributed by atoms with Crippen LogP contribution in [0.1, 0.15) is 78.1 Å². The molecule has 2 fully saturated rings. The fourth-order valence-electron chi connectivity index (χ4n) is 7.39. The van der Waals surface area contributed by atoms with Crippen molar-refractivity contribution >= 4 is 40.5 Å². The van der Waals surface area contributed by atoms with Gasteiger partial charge in [-0.05, 0) is 112 Å². The number of likely N-dealkylation sites (N-methyl/N-ethyl adjacent to an activating group) is 1. The van der Waals surface area contributed by atoms with Crippen LogP contribution in [0.5, 0.6) is 0 Å². The molecule has 0 bridgehead atoms. The van der Waals surface area contributed by atoms with E-state index in [2.05, 4.69) is 16.7 Å². The van der Waals surface area contributed by atoms with Crippen molar-refractivity contribution in [3.8, 4) is 0 Å². The number of halogens is 3. The average molecular weight is 647 g/mol. The first-order chi connectivity index (χ1) is 20.5. The molecule has 1 aliphatic carbocycles. The predicted octanol–water partition coefficient (Wildman–Crippen LogP) is 8.27. The number of benzene rings is 2. The Bertz CT molecular complexity index is 1420. The second-order valence-corrected chi connectivity index (χ2v) is 14.7. The van der Waals surface area contributed by atoms with Crippen LogP contribution < -0.4 is 0 Å². The molecule has 2 aliphatic rings. The van der Waals surface area contributed by atoms with Crippen LogP contribution in [-0.4, -0.2) is 64.6 Å². The molecule has 2 heterocycles. The lowest BCUT2D eigenvalue weighted by atomic mass is 9.87. The lowest BCUT2D eigenvalue weighted by Crippen LogP contribution is -2.47. The standard InChI is InChI=1S/C34H42Cl2FN3O2S/c1-20(2)32(34(41)42)39(4)27-17-25(28(18-27)24-6-5-7-26(37)16-24)19-40-12-10-23(11-13-40)33-21(3)38-31(43-33)15-22-8-9-29(35)30(36)14-22/h5-9,14,16,20,23,25,27-28,32H,10-13,15,17-19H2,1-4H3,(H,41,42)/t25?,27?,28?,32-/m1/s1. The molecule has 1 aromatic heterocycles. The van der Waals surface area contributed by atoms with Gasteiger partial charge in [-0.1, -0.05) is 55.2 Å². The largest absolute Gasteiger partial charge is 0.480 e. The van der Waals surface area contributed by atoms with Gasteiger partial charge >= 0.3 is 5.97 Å². The molecular formula is C34H42Cl2FN3O2S. The van der Waals surface area contributed by atoms with Crippen molar-refractivity contribution in [1.82, 2.24) is 14.8 Å². The summed E-state index contributed by atoms with van der Waals surface area (Å²) < 4.78 is 14.3. The van der Waals surface area contributed by atoms with Crippen LogP contribution >= 0.6 is 34.5 Å². The minimum Gasteiger partial charge on any atom is -0.480 e. The summed E-state index contributed by atoms with van der Waals surface area (Å²) in [6.45, 7) is 9.04. The fraction of sp³-hybridized carbons (Fsp3) is 0.529. The van der Waals surface area contributed by atoms with E-state index in [0.717, 1.165) is 73.6 Å². The van der Waals surface area contributed by atoms with Gasteiger partial charge in [0, 0.05) is 23.9 Å². The maximum atomic E-state index is 14.3. The van der Waals surface area contributed by atoms with Crippen LogP contribution in [0, 0.1) is 24.6 Å². The number of nitrogens with zero attached hydrogens (tertiary/aromatic N) is 3. The van der Waals surface area contributed by atoms with Gasteiger partial charge < -0.3 is 10.0 Å². The molecule has 0 radical (unpaired) electrons. The molecule has 1 N–H and O–H groups in total. The Hall–Kier alpha value is -2.03. The molecule has 0 amide bonds. The molecule has 232 valence electrons. The van der Waals surface area contributed by atoms with Gasteiger partial charge in [0.1, 0.15) is 11.9 Å². The Morgan fingerprint density at radius 3 is 2.53 bits per heavy atom. The highest BCUT2D eigenvalue weighted by Gasteiger charge is 2.42. The van der Waals surface area contributed by atoms with E-state index >= 15 is 0 Å². The number of aliphatic carboxylic acids is 1. The smallest absolute Gasteiger partial charge is 0.321 e. The number of carboxylic acids is 1. The molecule has 4 atom stereocenters. The van der Waals surface area contributed by atoms with Gasteiger partial charge in [-0.25, -0.2) is 9.37 Å². The van der Waals surface area contributed by atoms with Gasteiger partial charge in [-0.3, -0.25) is 9.69 Å². The minimum atomic E-state index is -0.774. The molecule has 1 saturated heterocycles. The lowest BCUT2D eigenvalue weighted by molar-refractivity contribution is -0.145. The number of hydrogen-bond donors (Lipinski definition) is 1. The van der Waals surface area contributed by atoms with Crippen molar-refractivity contribution in [3.63, 3.8) is 0 Å². The molecule has 2 aromatic carbocycles. The van der Waals surface area contributed by atoms with Crippen molar-refractivity contribution < 1.29 is 14.3 Å². The number of likely N-dealkylation sites (tertiary alicyclic amines) is 1. The topological polar surface area (TPSA) is 56.7 Å². The summed E-state index contributed by atoms with van der Waals surface area (Å²) in [6, 6.07) is 12.4. The second-order valence-electron chi connectivity index (χ2n) is 12.8.